The van der Waals surface area contributed by atoms with Crippen molar-refractivity contribution in [3.8, 4) is 0 Å². The molecule has 0 saturated carbocycles. The van der Waals surface area contributed by atoms with Gasteiger partial charge in [0.2, 0.25) is 5.91 Å². The summed E-state index contributed by atoms with van der Waals surface area (Å²) in [5, 5.41) is 13.0. The van der Waals surface area contributed by atoms with E-state index in [1.54, 1.807) is 18.2 Å². The van der Waals surface area contributed by atoms with Crippen LogP contribution in [-0.2, 0) is 11.3 Å². The molecule has 0 aliphatic rings. The highest BCUT2D eigenvalue weighted by atomic mass is 35.5. The summed E-state index contributed by atoms with van der Waals surface area (Å²) < 4.78 is 2.10. The molecule has 0 aliphatic carbocycles. The van der Waals surface area contributed by atoms with Crippen LogP contribution in [0.5, 0.6) is 0 Å². The Morgan fingerprint density at radius 3 is 2.53 bits per heavy atom. The maximum atomic E-state index is 12.9. The first-order chi connectivity index (χ1) is 15.3. The Bertz CT molecular complexity index is 1060. The third-order valence-electron chi connectivity index (χ3n) is 5.07. The highest BCUT2D eigenvalue weighted by Crippen LogP contribution is 2.30. The van der Waals surface area contributed by atoms with E-state index in [2.05, 4.69) is 44.0 Å². The van der Waals surface area contributed by atoms with Crippen LogP contribution in [0.4, 0.5) is 5.69 Å². The molecule has 6 nitrogen and oxygen atoms in total. The number of carbonyl (C=O) groups excluding carboxylic acids is 1. The predicted octanol–water partition coefficient (Wildman–Crippen LogP) is 5.77. The van der Waals surface area contributed by atoms with Crippen molar-refractivity contribution in [3.63, 3.8) is 0 Å². The molecule has 0 spiro atoms. The highest BCUT2D eigenvalue weighted by Gasteiger charge is 2.25. The summed E-state index contributed by atoms with van der Waals surface area (Å²) in [6.45, 7) is 4.59. The van der Waals surface area contributed by atoms with Crippen molar-refractivity contribution < 1.29 is 4.79 Å². The van der Waals surface area contributed by atoms with E-state index in [0.29, 0.717) is 27.4 Å². The van der Waals surface area contributed by atoms with Gasteiger partial charge in [-0.05, 0) is 51.2 Å². The molecule has 1 N–H and O–H groups in total. The van der Waals surface area contributed by atoms with E-state index in [1.165, 1.54) is 11.8 Å². The van der Waals surface area contributed by atoms with Gasteiger partial charge in [0.1, 0.15) is 0 Å². The first kappa shape index (κ1) is 24.6. The van der Waals surface area contributed by atoms with Gasteiger partial charge in [0.05, 0.1) is 28.5 Å². The zero-order valence-electron chi connectivity index (χ0n) is 18.5. The number of amides is 1. The Morgan fingerprint density at radius 1 is 1.16 bits per heavy atom. The smallest absolute Gasteiger partial charge is 0.237 e. The summed E-state index contributed by atoms with van der Waals surface area (Å²) in [5.74, 6) is 0.698. The van der Waals surface area contributed by atoms with Crippen LogP contribution >= 0.6 is 35.0 Å². The number of anilines is 1. The van der Waals surface area contributed by atoms with Crippen molar-refractivity contribution in [3.05, 3.63) is 70.0 Å². The van der Waals surface area contributed by atoms with E-state index in [1.807, 2.05) is 39.2 Å². The molecule has 0 radical (unpaired) electrons. The molecule has 0 aliphatic heterocycles. The van der Waals surface area contributed by atoms with E-state index >= 15 is 0 Å². The van der Waals surface area contributed by atoms with Crippen molar-refractivity contribution >= 4 is 46.6 Å². The summed E-state index contributed by atoms with van der Waals surface area (Å²) in [6, 6.07) is 15.3. The standard InChI is InChI=1S/C23H27Cl2N5OS/c1-5-20(29(3)4)21-27-28-23(30(21)14-16-9-7-6-8-10-16)32-15(2)22(31)26-19-13-17(24)11-12-18(19)25/h6-13,15,20H,5,14H2,1-4H3,(H,26,31)/t15-,20+/m1/s1. The second-order valence-corrected chi connectivity index (χ2v) is 9.83. The Morgan fingerprint density at radius 2 is 1.88 bits per heavy atom. The lowest BCUT2D eigenvalue weighted by Gasteiger charge is -2.23. The van der Waals surface area contributed by atoms with Crippen molar-refractivity contribution in [2.45, 2.75) is 43.3 Å². The molecular weight excluding hydrogens is 465 g/mol. The second kappa shape index (κ2) is 11.2. The van der Waals surface area contributed by atoms with Gasteiger partial charge < -0.3 is 9.88 Å². The average molecular weight is 492 g/mol. The van der Waals surface area contributed by atoms with Gasteiger partial charge in [-0.25, -0.2) is 0 Å². The normalized spacial score (nSPS) is 13.2. The van der Waals surface area contributed by atoms with Crippen molar-refractivity contribution in [2.75, 3.05) is 19.4 Å². The SMILES string of the molecule is CC[C@@H](c1nnc(S[C@H](C)C(=O)Nc2cc(Cl)ccc2Cl)n1Cc1ccccc1)N(C)C. The quantitative estimate of drug-likeness (QED) is 0.385. The topological polar surface area (TPSA) is 63.1 Å². The van der Waals surface area contributed by atoms with Gasteiger partial charge in [0.25, 0.3) is 0 Å². The van der Waals surface area contributed by atoms with E-state index in [9.17, 15) is 4.79 Å². The summed E-state index contributed by atoms with van der Waals surface area (Å²) >= 11 is 13.6. The van der Waals surface area contributed by atoms with Crippen LogP contribution in [0, 0.1) is 0 Å². The van der Waals surface area contributed by atoms with Gasteiger partial charge in [0.15, 0.2) is 11.0 Å². The first-order valence-electron chi connectivity index (χ1n) is 10.4. The minimum atomic E-state index is -0.420. The van der Waals surface area contributed by atoms with E-state index in [4.69, 9.17) is 23.2 Å². The summed E-state index contributed by atoms with van der Waals surface area (Å²) in [7, 11) is 4.07. The highest BCUT2D eigenvalue weighted by molar-refractivity contribution is 8.00. The van der Waals surface area contributed by atoms with Gasteiger partial charge in [-0.2, -0.15) is 0 Å². The van der Waals surface area contributed by atoms with Crippen molar-refractivity contribution in [2.24, 2.45) is 0 Å². The van der Waals surface area contributed by atoms with Crippen LogP contribution in [-0.4, -0.2) is 44.9 Å². The van der Waals surface area contributed by atoms with Crippen LogP contribution in [0.2, 0.25) is 10.0 Å². The lowest BCUT2D eigenvalue weighted by Crippen LogP contribution is -2.25. The number of halogens is 2. The Hall–Kier alpha value is -2.06. The zero-order chi connectivity index (χ0) is 23.3. The van der Waals surface area contributed by atoms with Gasteiger partial charge >= 0.3 is 0 Å². The van der Waals surface area contributed by atoms with Crippen LogP contribution in [0.3, 0.4) is 0 Å². The van der Waals surface area contributed by atoms with E-state index < -0.39 is 5.25 Å². The maximum absolute atomic E-state index is 12.9. The lowest BCUT2D eigenvalue weighted by atomic mass is 10.2. The number of thioether (sulfide) groups is 1. The van der Waals surface area contributed by atoms with Gasteiger partial charge in [-0.3, -0.25) is 9.69 Å². The van der Waals surface area contributed by atoms with Gasteiger partial charge in [0, 0.05) is 5.02 Å². The fraction of sp³-hybridized carbons (Fsp3) is 0.348. The van der Waals surface area contributed by atoms with Crippen LogP contribution in [0.25, 0.3) is 0 Å². The molecule has 0 saturated heterocycles. The molecule has 170 valence electrons. The Kier molecular flexibility index (Phi) is 8.59. The molecule has 2 aromatic carbocycles. The number of nitrogens with zero attached hydrogens (tertiary/aromatic N) is 4. The fourth-order valence-corrected chi connectivity index (χ4v) is 4.56. The summed E-state index contributed by atoms with van der Waals surface area (Å²) in [5.41, 5.74) is 1.63. The molecule has 3 rings (SSSR count). The maximum Gasteiger partial charge on any atom is 0.237 e. The summed E-state index contributed by atoms with van der Waals surface area (Å²) in [6.07, 6.45) is 0.897. The molecule has 3 aromatic rings. The molecule has 0 unspecified atom stereocenters. The average Bonchev–Trinajstić information content (AvgIpc) is 3.13. The number of benzene rings is 2. The molecule has 32 heavy (non-hydrogen) atoms. The monoisotopic (exact) mass is 491 g/mol. The number of rotatable bonds is 9. The third kappa shape index (κ3) is 6.04. The number of hydrogen-bond acceptors (Lipinski definition) is 5. The van der Waals surface area contributed by atoms with Gasteiger partial charge in [-0.1, -0.05) is 72.2 Å². The number of aromatic nitrogens is 3. The van der Waals surface area contributed by atoms with E-state index in [0.717, 1.165) is 17.8 Å². The molecule has 1 amide bonds. The van der Waals surface area contributed by atoms with Crippen LogP contribution in [0.1, 0.15) is 37.7 Å². The van der Waals surface area contributed by atoms with Crippen molar-refractivity contribution in [1.29, 1.82) is 0 Å². The molecule has 0 fully saturated rings. The van der Waals surface area contributed by atoms with E-state index in [-0.39, 0.29) is 11.9 Å². The summed E-state index contributed by atoms with van der Waals surface area (Å²) in [4.78, 5) is 15.0. The zero-order valence-corrected chi connectivity index (χ0v) is 20.9. The van der Waals surface area contributed by atoms with Crippen LogP contribution in [0.15, 0.2) is 53.7 Å². The number of hydrogen-bond donors (Lipinski definition) is 1. The first-order valence-corrected chi connectivity index (χ1v) is 12.0. The molecule has 1 heterocycles. The lowest BCUT2D eigenvalue weighted by molar-refractivity contribution is -0.115. The molecule has 9 heteroatoms. The van der Waals surface area contributed by atoms with Crippen molar-refractivity contribution in [1.82, 2.24) is 19.7 Å². The largest absolute Gasteiger partial charge is 0.324 e. The van der Waals surface area contributed by atoms with Gasteiger partial charge in [-0.15, -0.1) is 10.2 Å². The fourth-order valence-electron chi connectivity index (χ4n) is 3.37. The molecule has 1 aromatic heterocycles. The number of carbonyl (C=O) groups is 1. The third-order valence-corrected chi connectivity index (χ3v) is 6.72. The number of nitrogens with one attached hydrogen (secondary N) is 1. The van der Waals surface area contributed by atoms with Crippen LogP contribution < -0.4 is 5.32 Å². The Balaban J connectivity index is 1.85. The Labute approximate surface area is 203 Å². The minimum Gasteiger partial charge on any atom is -0.324 e. The molecule has 0 bridgehead atoms. The predicted molar refractivity (Wildman–Crippen MR) is 133 cm³/mol. The minimum absolute atomic E-state index is 0.120. The molecule has 2 atom stereocenters. The molecular formula is C23H27Cl2N5OS. The second-order valence-electron chi connectivity index (χ2n) is 7.67.